The van der Waals surface area contributed by atoms with Crippen molar-refractivity contribution in [2.75, 3.05) is 26.9 Å². The molecule has 0 amide bonds. The summed E-state index contributed by atoms with van der Waals surface area (Å²) in [5.74, 6) is 0. The molecule has 0 saturated carbocycles. The molecule has 18 heavy (non-hydrogen) atoms. The zero-order valence-corrected chi connectivity index (χ0v) is 11.7. The van der Waals surface area contributed by atoms with Crippen LogP contribution in [0.25, 0.3) is 0 Å². The van der Waals surface area contributed by atoms with Crippen molar-refractivity contribution in [3.63, 3.8) is 0 Å². The number of hydrogen-bond donors (Lipinski definition) is 1. The lowest BCUT2D eigenvalue weighted by Gasteiger charge is -2.26. The Morgan fingerprint density at radius 1 is 1.50 bits per heavy atom. The number of benzene rings is 1. The summed E-state index contributed by atoms with van der Waals surface area (Å²) < 4.78 is 11.0. The molecule has 0 bridgehead atoms. The minimum absolute atomic E-state index is 0.169. The first-order valence-electron chi connectivity index (χ1n) is 6.24. The Morgan fingerprint density at radius 2 is 2.33 bits per heavy atom. The molecule has 4 heteroatoms. The lowest BCUT2D eigenvalue weighted by atomic mass is 10.0. The van der Waals surface area contributed by atoms with Gasteiger partial charge in [-0.2, -0.15) is 0 Å². The van der Waals surface area contributed by atoms with E-state index >= 15 is 0 Å². The van der Waals surface area contributed by atoms with Crippen LogP contribution in [0.5, 0.6) is 0 Å². The summed E-state index contributed by atoms with van der Waals surface area (Å²) in [5.41, 5.74) is 2.13. The maximum atomic E-state index is 6.20. The predicted molar refractivity (Wildman–Crippen MR) is 73.1 cm³/mol. The summed E-state index contributed by atoms with van der Waals surface area (Å²) in [6, 6.07) is 6.13. The summed E-state index contributed by atoms with van der Waals surface area (Å²) in [6.07, 6.45) is 0.943. The zero-order valence-electron chi connectivity index (χ0n) is 11.0. The molecule has 0 aliphatic carbocycles. The van der Waals surface area contributed by atoms with Crippen molar-refractivity contribution < 1.29 is 9.47 Å². The Labute approximate surface area is 113 Å². The molecule has 3 nitrogen and oxygen atoms in total. The zero-order chi connectivity index (χ0) is 13.0. The smallest absolute Gasteiger partial charge is 0.106 e. The van der Waals surface area contributed by atoms with E-state index in [0.717, 1.165) is 36.7 Å². The standard InChI is InChI=1S/C14H20ClNO2/c1-11-3-4-12(13(15)7-11)8-16-9-14(17-2)5-6-18-10-14/h3-4,7,16H,5-6,8-10H2,1-2H3. The van der Waals surface area contributed by atoms with Crippen LogP contribution < -0.4 is 5.32 Å². The number of methoxy groups -OCH3 is 1. The molecule has 2 rings (SSSR count). The van der Waals surface area contributed by atoms with Gasteiger partial charge in [-0.3, -0.25) is 0 Å². The Hall–Kier alpha value is -0.610. The van der Waals surface area contributed by atoms with Crippen LogP contribution >= 0.6 is 11.6 Å². The number of aryl methyl sites for hydroxylation is 1. The third-order valence-electron chi connectivity index (χ3n) is 3.47. The molecular formula is C14H20ClNO2. The quantitative estimate of drug-likeness (QED) is 0.891. The van der Waals surface area contributed by atoms with E-state index < -0.39 is 0 Å². The van der Waals surface area contributed by atoms with Gasteiger partial charge in [0, 0.05) is 38.2 Å². The van der Waals surface area contributed by atoms with Gasteiger partial charge in [0.2, 0.25) is 0 Å². The fourth-order valence-corrected chi connectivity index (χ4v) is 2.48. The van der Waals surface area contributed by atoms with E-state index in [2.05, 4.69) is 17.4 Å². The van der Waals surface area contributed by atoms with Crippen LogP contribution in [0.3, 0.4) is 0 Å². The summed E-state index contributed by atoms with van der Waals surface area (Å²) in [5, 5.41) is 4.22. The maximum absolute atomic E-state index is 6.20. The number of hydrogen-bond acceptors (Lipinski definition) is 3. The van der Waals surface area contributed by atoms with Gasteiger partial charge in [0.05, 0.1) is 6.61 Å². The van der Waals surface area contributed by atoms with Gasteiger partial charge in [0.1, 0.15) is 5.60 Å². The van der Waals surface area contributed by atoms with Gasteiger partial charge in [-0.05, 0) is 24.1 Å². The van der Waals surface area contributed by atoms with Crippen molar-refractivity contribution in [3.8, 4) is 0 Å². The number of rotatable bonds is 5. The van der Waals surface area contributed by atoms with E-state index in [9.17, 15) is 0 Å². The molecule has 1 fully saturated rings. The van der Waals surface area contributed by atoms with E-state index in [1.165, 1.54) is 5.56 Å². The van der Waals surface area contributed by atoms with Crippen molar-refractivity contribution in [1.29, 1.82) is 0 Å². The molecule has 0 spiro atoms. The monoisotopic (exact) mass is 269 g/mol. The lowest BCUT2D eigenvalue weighted by molar-refractivity contribution is -0.0159. The van der Waals surface area contributed by atoms with Gasteiger partial charge < -0.3 is 14.8 Å². The topological polar surface area (TPSA) is 30.5 Å². The Kier molecular flexibility index (Phi) is 4.62. The van der Waals surface area contributed by atoms with Gasteiger partial charge in [-0.15, -0.1) is 0 Å². The molecule has 1 aliphatic rings. The predicted octanol–water partition coefficient (Wildman–Crippen LogP) is 2.54. The van der Waals surface area contributed by atoms with Gasteiger partial charge in [0.15, 0.2) is 0 Å². The first-order valence-corrected chi connectivity index (χ1v) is 6.62. The van der Waals surface area contributed by atoms with Crippen LogP contribution in [0.15, 0.2) is 18.2 Å². The summed E-state index contributed by atoms with van der Waals surface area (Å²) in [6.45, 7) is 5.02. The molecule has 1 unspecified atom stereocenters. The van der Waals surface area contributed by atoms with Crippen molar-refractivity contribution in [1.82, 2.24) is 5.32 Å². The van der Waals surface area contributed by atoms with Gasteiger partial charge in [-0.1, -0.05) is 23.7 Å². The highest BCUT2D eigenvalue weighted by Gasteiger charge is 2.34. The Balaban J connectivity index is 1.88. The molecule has 1 atom stereocenters. The van der Waals surface area contributed by atoms with Crippen molar-refractivity contribution in [2.24, 2.45) is 0 Å². The molecule has 1 aromatic carbocycles. The SMILES string of the molecule is COC1(CNCc2ccc(C)cc2Cl)CCOC1. The molecular weight excluding hydrogens is 250 g/mol. The summed E-state index contributed by atoms with van der Waals surface area (Å²) in [4.78, 5) is 0. The molecule has 1 N–H and O–H groups in total. The summed E-state index contributed by atoms with van der Waals surface area (Å²) in [7, 11) is 1.75. The van der Waals surface area contributed by atoms with Gasteiger partial charge in [0.25, 0.3) is 0 Å². The average molecular weight is 270 g/mol. The normalized spacial score (nSPS) is 23.5. The van der Waals surface area contributed by atoms with Crippen LogP contribution in [0.4, 0.5) is 0 Å². The van der Waals surface area contributed by atoms with E-state index in [1.54, 1.807) is 7.11 Å². The highest BCUT2D eigenvalue weighted by atomic mass is 35.5. The highest BCUT2D eigenvalue weighted by molar-refractivity contribution is 6.31. The van der Waals surface area contributed by atoms with Crippen molar-refractivity contribution >= 4 is 11.6 Å². The lowest BCUT2D eigenvalue weighted by Crippen LogP contribution is -2.42. The summed E-state index contributed by atoms with van der Waals surface area (Å²) >= 11 is 6.20. The van der Waals surface area contributed by atoms with Crippen LogP contribution in [-0.2, 0) is 16.0 Å². The van der Waals surface area contributed by atoms with Gasteiger partial charge >= 0.3 is 0 Å². The first-order chi connectivity index (χ1) is 8.65. The highest BCUT2D eigenvalue weighted by Crippen LogP contribution is 2.22. The number of ether oxygens (including phenoxy) is 2. The van der Waals surface area contributed by atoms with Crippen LogP contribution in [-0.4, -0.2) is 32.5 Å². The second kappa shape index (κ2) is 6.02. The largest absolute Gasteiger partial charge is 0.378 e. The minimum Gasteiger partial charge on any atom is -0.378 e. The molecule has 1 heterocycles. The molecule has 100 valence electrons. The molecule has 0 radical (unpaired) electrons. The van der Waals surface area contributed by atoms with E-state index in [1.807, 2.05) is 13.0 Å². The molecule has 1 saturated heterocycles. The van der Waals surface area contributed by atoms with Crippen LogP contribution in [0, 0.1) is 6.92 Å². The fourth-order valence-electron chi connectivity index (χ4n) is 2.18. The minimum atomic E-state index is -0.169. The van der Waals surface area contributed by atoms with Gasteiger partial charge in [-0.25, -0.2) is 0 Å². The Bertz CT molecular complexity index is 403. The van der Waals surface area contributed by atoms with E-state index in [-0.39, 0.29) is 5.60 Å². The molecule has 0 aromatic heterocycles. The number of nitrogens with one attached hydrogen (secondary N) is 1. The fraction of sp³-hybridized carbons (Fsp3) is 0.571. The van der Waals surface area contributed by atoms with Crippen LogP contribution in [0.1, 0.15) is 17.5 Å². The first kappa shape index (κ1) is 13.8. The third kappa shape index (κ3) is 3.23. The molecule has 1 aliphatic heterocycles. The van der Waals surface area contributed by atoms with Crippen LogP contribution in [0.2, 0.25) is 5.02 Å². The second-order valence-electron chi connectivity index (χ2n) is 4.89. The maximum Gasteiger partial charge on any atom is 0.106 e. The van der Waals surface area contributed by atoms with Crippen molar-refractivity contribution in [2.45, 2.75) is 25.5 Å². The average Bonchev–Trinajstić information content (AvgIpc) is 2.81. The second-order valence-corrected chi connectivity index (χ2v) is 5.30. The third-order valence-corrected chi connectivity index (χ3v) is 3.82. The van der Waals surface area contributed by atoms with E-state index in [4.69, 9.17) is 21.1 Å². The molecule has 1 aromatic rings. The van der Waals surface area contributed by atoms with E-state index in [0.29, 0.717) is 6.61 Å². The number of halogens is 1. The van der Waals surface area contributed by atoms with Crippen molar-refractivity contribution in [3.05, 3.63) is 34.3 Å². The Morgan fingerprint density at radius 3 is 2.94 bits per heavy atom.